The number of unbranched alkanes of at least 4 members (excludes halogenated alkanes) is 3. The molecule has 5 nitrogen and oxygen atoms in total. The van der Waals surface area contributed by atoms with E-state index in [-0.39, 0.29) is 0 Å². The van der Waals surface area contributed by atoms with Crippen LogP contribution in [0.25, 0.3) is 10.5 Å². The molecule has 0 bridgehead atoms. The third-order valence-corrected chi connectivity index (χ3v) is 3.52. The number of hydrazine groups is 1. The Balaban J connectivity index is 1.96. The molecule has 0 saturated heterocycles. The smallest absolute Gasteiger partial charge is 0.203 e. The normalized spacial score (nSPS) is 10.9. The van der Waals surface area contributed by atoms with Crippen molar-refractivity contribution in [2.24, 2.45) is 5.84 Å². The van der Waals surface area contributed by atoms with Crippen molar-refractivity contribution in [2.45, 2.75) is 32.6 Å². The Morgan fingerprint density at radius 1 is 1.24 bits per heavy atom. The number of hydrogen-bond acceptors (Lipinski definition) is 6. The van der Waals surface area contributed by atoms with Gasteiger partial charge in [0.15, 0.2) is 10.5 Å². The average Bonchev–Trinajstić information content (AvgIpc) is 2.78. The first-order valence-corrected chi connectivity index (χ1v) is 6.72. The van der Waals surface area contributed by atoms with Crippen LogP contribution in [0.5, 0.6) is 0 Å². The van der Waals surface area contributed by atoms with Gasteiger partial charge in [0.1, 0.15) is 0 Å². The Hall–Kier alpha value is -1.27. The van der Waals surface area contributed by atoms with Gasteiger partial charge in [-0.2, -0.15) is 4.98 Å². The van der Waals surface area contributed by atoms with Crippen LogP contribution in [0.1, 0.15) is 32.6 Å². The Bertz CT molecular complexity index is 437. The summed E-state index contributed by atoms with van der Waals surface area (Å²) >= 11 is 1.49. The second-order valence-corrected chi connectivity index (χ2v) is 4.89. The van der Waals surface area contributed by atoms with E-state index < -0.39 is 0 Å². The molecular weight excluding hydrogens is 234 g/mol. The van der Waals surface area contributed by atoms with Crippen molar-refractivity contribution in [1.29, 1.82) is 0 Å². The SMILES string of the molecule is CCCCCCN(N)c1nc2nccnc2s1. The van der Waals surface area contributed by atoms with Gasteiger partial charge in [0.05, 0.1) is 0 Å². The number of rotatable bonds is 6. The lowest BCUT2D eigenvalue weighted by Crippen LogP contribution is -2.31. The lowest BCUT2D eigenvalue weighted by Gasteiger charge is -2.14. The molecule has 2 heterocycles. The number of hydrogen-bond donors (Lipinski definition) is 1. The molecule has 0 aliphatic rings. The minimum atomic E-state index is 0.677. The zero-order chi connectivity index (χ0) is 12.1. The maximum atomic E-state index is 5.97. The van der Waals surface area contributed by atoms with E-state index in [2.05, 4.69) is 21.9 Å². The minimum Gasteiger partial charge on any atom is -0.286 e. The number of nitrogens with two attached hydrogens (primary N) is 1. The molecule has 0 radical (unpaired) electrons. The van der Waals surface area contributed by atoms with Crippen LogP contribution >= 0.6 is 11.3 Å². The summed E-state index contributed by atoms with van der Waals surface area (Å²) in [7, 11) is 0. The zero-order valence-electron chi connectivity index (χ0n) is 9.96. The molecule has 2 aromatic heterocycles. The molecule has 6 heteroatoms. The van der Waals surface area contributed by atoms with Gasteiger partial charge in [-0.1, -0.05) is 37.5 Å². The largest absolute Gasteiger partial charge is 0.286 e. The molecule has 0 aliphatic carbocycles. The molecule has 0 atom stereocenters. The van der Waals surface area contributed by atoms with E-state index in [4.69, 9.17) is 5.84 Å². The van der Waals surface area contributed by atoms with Crippen molar-refractivity contribution in [3.63, 3.8) is 0 Å². The Morgan fingerprint density at radius 3 is 2.82 bits per heavy atom. The van der Waals surface area contributed by atoms with Gasteiger partial charge >= 0.3 is 0 Å². The predicted molar refractivity (Wildman–Crippen MR) is 70.9 cm³/mol. The highest BCUT2D eigenvalue weighted by Crippen LogP contribution is 2.24. The summed E-state index contributed by atoms with van der Waals surface area (Å²) in [6, 6.07) is 0. The molecule has 2 aromatic rings. The predicted octanol–water partition coefficient (Wildman–Crippen LogP) is 2.35. The second kappa shape index (κ2) is 5.88. The first-order chi connectivity index (χ1) is 8.31. The topological polar surface area (TPSA) is 67.9 Å². The van der Waals surface area contributed by atoms with Gasteiger partial charge in [-0.15, -0.1) is 0 Å². The summed E-state index contributed by atoms with van der Waals surface area (Å²) in [5, 5.41) is 2.49. The van der Waals surface area contributed by atoms with Crippen LogP contribution in [0.15, 0.2) is 12.4 Å². The number of thiazole rings is 1. The number of aromatic nitrogens is 3. The summed E-state index contributed by atoms with van der Waals surface area (Å²) in [6.07, 6.45) is 8.13. The van der Waals surface area contributed by atoms with Crippen LogP contribution in [-0.2, 0) is 0 Å². The molecule has 92 valence electrons. The Morgan fingerprint density at radius 2 is 2.06 bits per heavy atom. The molecule has 0 aromatic carbocycles. The van der Waals surface area contributed by atoms with Gasteiger partial charge in [0.25, 0.3) is 0 Å². The molecule has 0 aliphatic heterocycles. The Kier molecular flexibility index (Phi) is 4.22. The maximum absolute atomic E-state index is 5.97. The van der Waals surface area contributed by atoms with Crippen LogP contribution in [0, 0.1) is 0 Å². The first kappa shape index (κ1) is 12.2. The van der Waals surface area contributed by atoms with E-state index >= 15 is 0 Å². The van der Waals surface area contributed by atoms with Gasteiger partial charge in [0, 0.05) is 18.9 Å². The van der Waals surface area contributed by atoms with Gasteiger partial charge in [0.2, 0.25) is 5.13 Å². The monoisotopic (exact) mass is 251 g/mol. The molecule has 2 rings (SSSR count). The van der Waals surface area contributed by atoms with E-state index in [9.17, 15) is 0 Å². The highest BCUT2D eigenvalue weighted by Gasteiger charge is 2.09. The summed E-state index contributed by atoms with van der Waals surface area (Å²) in [6.45, 7) is 3.03. The molecule has 0 saturated carbocycles. The van der Waals surface area contributed by atoms with Crippen molar-refractivity contribution in [3.05, 3.63) is 12.4 Å². The molecular formula is C11H17N5S. The number of nitrogens with zero attached hydrogens (tertiary/aromatic N) is 4. The minimum absolute atomic E-state index is 0.677. The highest BCUT2D eigenvalue weighted by molar-refractivity contribution is 7.21. The van der Waals surface area contributed by atoms with Crippen LogP contribution in [-0.4, -0.2) is 21.5 Å². The molecule has 0 spiro atoms. The number of anilines is 1. The lowest BCUT2D eigenvalue weighted by atomic mass is 10.2. The Labute approximate surface area is 105 Å². The quantitative estimate of drug-likeness (QED) is 0.485. The van der Waals surface area contributed by atoms with Gasteiger partial charge in [-0.3, -0.25) is 5.01 Å². The van der Waals surface area contributed by atoms with Gasteiger partial charge in [-0.25, -0.2) is 15.8 Å². The number of fused-ring (bicyclic) bond motifs is 1. The third kappa shape index (κ3) is 3.10. The molecule has 0 fully saturated rings. The standard InChI is InChI=1S/C11H17N5S/c1-2-3-4-5-8-16(12)11-15-9-10(17-11)14-7-6-13-9/h6-7H,2-5,8,12H2,1H3. The van der Waals surface area contributed by atoms with Crippen molar-refractivity contribution < 1.29 is 0 Å². The van der Waals surface area contributed by atoms with Crippen LogP contribution in [0.3, 0.4) is 0 Å². The first-order valence-electron chi connectivity index (χ1n) is 5.91. The highest BCUT2D eigenvalue weighted by atomic mass is 32.1. The molecule has 0 unspecified atom stereocenters. The van der Waals surface area contributed by atoms with Crippen molar-refractivity contribution in [3.8, 4) is 0 Å². The fourth-order valence-electron chi connectivity index (χ4n) is 1.59. The van der Waals surface area contributed by atoms with E-state index in [0.717, 1.165) is 22.9 Å². The van der Waals surface area contributed by atoms with Crippen LogP contribution in [0.2, 0.25) is 0 Å². The lowest BCUT2D eigenvalue weighted by molar-refractivity contribution is 0.650. The fourth-order valence-corrected chi connectivity index (χ4v) is 2.41. The molecule has 0 amide bonds. The average molecular weight is 251 g/mol. The third-order valence-electron chi connectivity index (χ3n) is 2.53. The zero-order valence-corrected chi connectivity index (χ0v) is 10.8. The van der Waals surface area contributed by atoms with Crippen LogP contribution in [0.4, 0.5) is 5.13 Å². The maximum Gasteiger partial charge on any atom is 0.203 e. The summed E-state index contributed by atoms with van der Waals surface area (Å²) in [4.78, 5) is 13.6. The molecule has 2 N–H and O–H groups in total. The second-order valence-electron chi connectivity index (χ2n) is 3.94. The summed E-state index contributed by atoms with van der Waals surface area (Å²) < 4.78 is 0. The van der Waals surface area contributed by atoms with E-state index in [0.29, 0.717) is 5.65 Å². The van der Waals surface area contributed by atoms with Crippen molar-refractivity contribution in [1.82, 2.24) is 15.0 Å². The van der Waals surface area contributed by atoms with E-state index in [1.807, 2.05) is 0 Å². The van der Waals surface area contributed by atoms with Crippen molar-refractivity contribution in [2.75, 3.05) is 11.6 Å². The van der Waals surface area contributed by atoms with E-state index in [1.54, 1.807) is 17.4 Å². The molecule has 17 heavy (non-hydrogen) atoms. The van der Waals surface area contributed by atoms with Crippen molar-refractivity contribution >= 4 is 26.9 Å². The van der Waals surface area contributed by atoms with Gasteiger partial charge in [-0.05, 0) is 6.42 Å². The summed E-state index contributed by atoms with van der Waals surface area (Å²) in [5.74, 6) is 5.97. The van der Waals surface area contributed by atoms with Gasteiger partial charge < -0.3 is 0 Å². The fraction of sp³-hybridized carbons (Fsp3) is 0.545. The van der Waals surface area contributed by atoms with Crippen LogP contribution < -0.4 is 10.9 Å². The van der Waals surface area contributed by atoms with E-state index in [1.165, 1.54) is 30.6 Å². The summed E-state index contributed by atoms with van der Waals surface area (Å²) in [5.41, 5.74) is 0.677.